The molecule has 0 saturated carbocycles. The van der Waals surface area contributed by atoms with Crippen LogP contribution in [-0.4, -0.2) is 14.9 Å². The molecular weight excluding hydrogens is 427 g/mol. The molecule has 0 saturated heterocycles. The van der Waals surface area contributed by atoms with Crippen LogP contribution in [0.25, 0.3) is 5.57 Å². The van der Waals surface area contributed by atoms with Crippen molar-refractivity contribution in [1.29, 1.82) is 0 Å². The van der Waals surface area contributed by atoms with Gasteiger partial charge in [0.15, 0.2) is 31.6 Å². The fraction of sp³-hybridized carbons (Fsp3) is 0.375. The van der Waals surface area contributed by atoms with Crippen molar-refractivity contribution < 1.29 is 26.4 Å². The molecule has 0 unspecified atom stereocenters. The lowest BCUT2D eigenvalue weighted by molar-refractivity contribution is 0.283. The monoisotopic (exact) mass is 454 g/mol. The van der Waals surface area contributed by atoms with E-state index < -0.39 is 43.0 Å². The topological polar surface area (TPSA) is 9.23 Å². The molecule has 1 nitrogen and oxygen atoms in total. The summed E-state index contributed by atoms with van der Waals surface area (Å²) >= 11 is 0. The third-order valence-electron chi connectivity index (χ3n) is 5.53. The van der Waals surface area contributed by atoms with Gasteiger partial charge in [-0.25, -0.2) is 22.0 Å². The van der Waals surface area contributed by atoms with E-state index >= 15 is 0 Å². The Morgan fingerprint density at radius 2 is 1.42 bits per heavy atom. The van der Waals surface area contributed by atoms with E-state index in [0.29, 0.717) is 25.0 Å². The van der Waals surface area contributed by atoms with Crippen molar-refractivity contribution in [2.75, 3.05) is 6.61 Å². The molecule has 0 heterocycles. The molecular formula is C24H27F5OSi. The van der Waals surface area contributed by atoms with Crippen LogP contribution in [0.3, 0.4) is 0 Å². The number of halogens is 5. The summed E-state index contributed by atoms with van der Waals surface area (Å²) < 4.78 is 75.8. The van der Waals surface area contributed by atoms with E-state index in [1.807, 2.05) is 0 Å². The van der Waals surface area contributed by atoms with Crippen LogP contribution in [0.5, 0.6) is 0 Å². The molecule has 0 fully saturated rings. The number of benzene rings is 2. The third kappa shape index (κ3) is 5.73. The second kappa shape index (κ2) is 9.94. The fourth-order valence-corrected chi connectivity index (χ4v) is 3.72. The summed E-state index contributed by atoms with van der Waals surface area (Å²) in [4.78, 5) is 0. The highest BCUT2D eigenvalue weighted by Crippen LogP contribution is 2.36. The normalized spacial score (nSPS) is 11.9. The molecule has 0 atom stereocenters. The summed E-state index contributed by atoms with van der Waals surface area (Å²) in [5.74, 6) is -9.90. The summed E-state index contributed by atoms with van der Waals surface area (Å²) in [6.45, 7) is 11.2. The van der Waals surface area contributed by atoms with Crippen LogP contribution in [0.1, 0.15) is 44.7 Å². The van der Waals surface area contributed by atoms with Gasteiger partial charge in [-0.05, 0) is 42.6 Å². The minimum absolute atomic E-state index is 0.0784. The highest BCUT2D eigenvalue weighted by atomic mass is 28.4. The molecule has 168 valence electrons. The SMILES string of the molecule is CC(C)(C)[Si](C)(C)OCCCC=C=C(c1ccccc1)c1c(F)c(F)c(F)c(F)c1F. The molecule has 2 rings (SSSR count). The Bertz CT molecular complexity index is 958. The van der Waals surface area contributed by atoms with Crippen molar-refractivity contribution >= 4 is 13.9 Å². The predicted octanol–water partition coefficient (Wildman–Crippen LogP) is 7.77. The minimum atomic E-state index is -2.18. The van der Waals surface area contributed by atoms with Crippen molar-refractivity contribution in [3.05, 3.63) is 82.4 Å². The van der Waals surface area contributed by atoms with Gasteiger partial charge in [-0.15, -0.1) is 5.73 Å². The van der Waals surface area contributed by atoms with Gasteiger partial charge in [0.25, 0.3) is 0 Å². The molecule has 31 heavy (non-hydrogen) atoms. The van der Waals surface area contributed by atoms with Crippen LogP contribution in [0.2, 0.25) is 18.1 Å². The van der Waals surface area contributed by atoms with Crippen LogP contribution >= 0.6 is 0 Å². The summed E-state index contributed by atoms with van der Waals surface area (Å²) in [6, 6.07) is 7.94. The summed E-state index contributed by atoms with van der Waals surface area (Å²) in [7, 11) is -1.88. The Labute approximate surface area is 181 Å². The van der Waals surface area contributed by atoms with Gasteiger partial charge in [0.1, 0.15) is 0 Å². The Hall–Kier alpha value is -2.21. The molecule has 7 heteroatoms. The van der Waals surface area contributed by atoms with Crippen LogP contribution < -0.4 is 0 Å². The minimum Gasteiger partial charge on any atom is -0.417 e. The summed E-state index contributed by atoms with van der Waals surface area (Å²) in [5, 5.41) is 0.0784. The first-order valence-electron chi connectivity index (χ1n) is 10.0. The molecule has 0 spiro atoms. The quantitative estimate of drug-likeness (QED) is 0.104. The van der Waals surface area contributed by atoms with E-state index in [2.05, 4.69) is 39.6 Å². The maximum absolute atomic E-state index is 14.4. The van der Waals surface area contributed by atoms with Crippen molar-refractivity contribution in [1.82, 2.24) is 0 Å². The van der Waals surface area contributed by atoms with Gasteiger partial charge in [0.2, 0.25) is 5.82 Å². The lowest BCUT2D eigenvalue weighted by atomic mass is 9.97. The van der Waals surface area contributed by atoms with Gasteiger partial charge in [-0.3, -0.25) is 0 Å². The van der Waals surface area contributed by atoms with E-state index in [9.17, 15) is 22.0 Å². The first-order chi connectivity index (χ1) is 14.4. The van der Waals surface area contributed by atoms with Gasteiger partial charge in [-0.1, -0.05) is 51.1 Å². The molecule has 0 aromatic heterocycles. The summed E-state index contributed by atoms with van der Waals surface area (Å²) in [5.41, 5.74) is 1.85. The van der Waals surface area contributed by atoms with Crippen molar-refractivity contribution in [3.8, 4) is 0 Å². The van der Waals surface area contributed by atoms with Gasteiger partial charge in [0, 0.05) is 12.2 Å². The number of hydrogen-bond donors (Lipinski definition) is 0. The lowest BCUT2D eigenvalue weighted by Gasteiger charge is -2.36. The largest absolute Gasteiger partial charge is 0.417 e. The second-order valence-corrected chi connectivity index (χ2v) is 13.6. The third-order valence-corrected chi connectivity index (χ3v) is 10.1. The maximum Gasteiger partial charge on any atom is 0.200 e. The average Bonchev–Trinajstić information content (AvgIpc) is 2.71. The van der Waals surface area contributed by atoms with E-state index in [4.69, 9.17) is 4.43 Å². The van der Waals surface area contributed by atoms with Gasteiger partial charge >= 0.3 is 0 Å². The fourth-order valence-electron chi connectivity index (χ4n) is 2.63. The molecule has 0 N–H and O–H groups in total. The van der Waals surface area contributed by atoms with E-state index in [0.717, 1.165) is 0 Å². The zero-order chi connectivity index (χ0) is 23.4. The number of hydrogen-bond acceptors (Lipinski definition) is 1. The molecule has 0 aliphatic rings. The van der Waals surface area contributed by atoms with Gasteiger partial charge in [-0.2, -0.15) is 0 Å². The molecule has 0 amide bonds. The lowest BCUT2D eigenvalue weighted by Crippen LogP contribution is -2.40. The molecule has 0 aliphatic carbocycles. The van der Waals surface area contributed by atoms with Gasteiger partial charge < -0.3 is 4.43 Å². The smallest absolute Gasteiger partial charge is 0.200 e. The van der Waals surface area contributed by atoms with Crippen LogP contribution in [0.4, 0.5) is 22.0 Å². The number of unbranched alkanes of at least 4 members (excludes halogenated alkanes) is 1. The maximum atomic E-state index is 14.4. The zero-order valence-electron chi connectivity index (χ0n) is 18.4. The Morgan fingerprint density at radius 3 is 1.94 bits per heavy atom. The highest BCUT2D eigenvalue weighted by Gasteiger charge is 2.36. The highest BCUT2D eigenvalue weighted by molar-refractivity contribution is 6.74. The van der Waals surface area contributed by atoms with Crippen molar-refractivity contribution in [2.24, 2.45) is 0 Å². The summed E-state index contributed by atoms with van der Waals surface area (Å²) in [6.07, 6.45) is 2.65. The van der Waals surface area contributed by atoms with E-state index in [1.165, 1.54) is 18.2 Å². The van der Waals surface area contributed by atoms with Crippen LogP contribution in [0.15, 0.2) is 42.1 Å². The van der Waals surface area contributed by atoms with Crippen molar-refractivity contribution in [3.63, 3.8) is 0 Å². The van der Waals surface area contributed by atoms with Gasteiger partial charge in [0.05, 0.1) is 5.56 Å². The Balaban J connectivity index is 2.35. The zero-order valence-corrected chi connectivity index (χ0v) is 19.4. The van der Waals surface area contributed by atoms with Crippen LogP contribution in [-0.2, 0) is 4.43 Å². The molecule has 0 radical (unpaired) electrons. The predicted molar refractivity (Wildman–Crippen MR) is 116 cm³/mol. The Kier molecular flexibility index (Phi) is 8.03. The molecule has 0 bridgehead atoms. The second-order valence-electron chi connectivity index (χ2n) is 8.79. The first-order valence-corrected chi connectivity index (χ1v) is 13.0. The number of allylic oxidation sites excluding steroid dienone is 1. The van der Waals surface area contributed by atoms with Crippen molar-refractivity contribution in [2.45, 2.75) is 51.7 Å². The molecule has 2 aromatic rings. The number of rotatable bonds is 7. The average molecular weight is 455 g/mol. The standard InChI is InChI=1S/C24H27F5OSi/c1-24(2,3)31(4,5)30-15-11-7-10-14-17(16-12-8-6-9-13-16)18-19(25)21(27)23(29)22(28)20(18)26/h6,8-10,12-13H,7,11,15H2,1-5H3. The molecule has 2 aromatic carbocycles. The van der Waals surface area contributed by atoms with E-state index in [1.54, 1.807) is 18.2 Å². The molecule has 0 aliphatic heterocycles. The van der Waals surface area contributed by atoms with Crippen LogP contribution in [0, 0.1) is 29.1 Å². The van der Waals surface area contributed by atoms with E-state index in [-0.39, 0.29) is 10.6 Å². The Morgan fingerprint density at radius 1 is 0.903 bits per heavy atom. The first kappa shape index (κ1) is 25.1.